The van der Waals surface area contributed by atoms with Gasteiger partial charge in [-0.3, -0.25) is 14.2 Å². The van der Waals surface area contributed by atoms with E-state index >= 15 is 0 Å². The van der Waals surface area contributed by atoms with E-state index in [-0.39, 0.29) is 17.2 Å². The van der Waals surface area contributed by atoms with E-state index in [1.54, 1.807) is 4.57 Å². The SMILES string of the molecule is O=C(CSc1nc2ccccc2c(=O)n1CCC1=CCCCC1)NCCc1ccc(Cl)cc1. The standard InChI is InChI=1S/C26H28ClN3O2S/c27-21-12-10-20(11-13-21)14-16-28-24(31)18-33-26-29-23-9-5-4-8-22(23)25(32)30(26)17-15-19-6-2-1-3-7-19/h4-6,8-13H,1-3,7,14-18H2,(H,28,31). The van der Waals surface area contributed by atoms with Crippen molar-refractivity contribution >= 4 is 40.2 Å². The van der Waals surface area contributed by atoms with Crippen molar-refractivity contribution in [3.8, 4) is 0 Å². The molecule has 0 unspecified atom stereocenters. The first-order valence-electron chi connectivity index (χ1n) is 11.4. The summed E-state index contributed by atoms with van der Waals surface area (Å²) >= 11 is 7.24. The first-order chi connectivity index (χ1) is 16.1. The van der Waals surface area contributed by atoms with Crippen molar-refractivity contribution in [3.05, 3.63) is 81.1 Å². The van der Waals surface area contributed by atoms with E-state index < -0.39 is 0 Å². The molecule has 1 aromatic heterocycles. The normalized spacial score (nSPS) is 13.7. The molecule has 172 valence electrons. The van der Waals surface area contributed by atoms with Gasteiger partial charge in [-0.05, 0) is 68.4 Å². The summed E-state index contributed by atoms with van der Waals surface area (Å²) < 4.78 is 1.74. The summed E-state index contributed by atoms with van der Waals surface area (Å²) in [5.74, 6) is 0.145. The molecule has 1 aliphatic carbocycles. The Balaban J connectivity index is 1.41. The van der Waals surface area contributed by atoms with Gasteiger partial charge in [0, 0.05) is 18.1 Å². The summed E-state index contributed by atoms with van der Waals surface area (Å²) in [6.07, 6.45) is 8.59. The zero-order chi connectivity index (χ0) is 23.0. The highest BCUT2D eigenvalue weighted by atomic mass is 35.5. The number of nitrogens with zero attached hydrogens (tertiary/aromatic N) is 2. The third-order valence-electron chi connectivity index (χ3n) is 5.85. The molecule has 7 heteroatoms. The molecule has 1 aliphatic rings. The molecule has 1 amide bonds. The van der Waals surface area contributed by atoms with E-state index in [1.807, 2.05) is 48.5 Å². The Morgan fingerprint density at radius 3 is 2.70 bits per heavy atom. The molecule has 0 aliphatic heterocycles. The number of halogens is 1. The van der Waals surface area contributed by atoms with Crippen LogP contribution in [-0.4, -0.2) is 27.8 Å². The van der Waals surface area contributed by atoms with Crippen LogP contribution in [0.25, 0.3) is 10.9 Å². The van der Waals surface area contributed by atoms with Crippen LogP contribution in [-0.2, 0) is 17.8 Å². The Bertz CT molecular complexity index is 1200. The van der Waals surface area contributed by atoms with E-state index in [0.29, 0.717) is 34.2 Å². The average molecular weight is 482 g/mol. The van der Waals surface area contributed by atoms with Crippen molar-refractivity contribution < 1.29 is 4.79 Å². The molecule has 0 radical (unpaired) electrons. The van der Waals surface area contributed by atoms with Crippen molar-refractivity contribution in [2.24, 2.45) is 0 Å². The second kappa shape index (κ2) is 11.5. The highest BCUT2D eigenvalue weighted by Crippen LogP contribution is 2.23. The number of amides is 1. The van der Waals surface area contributed by atoms with Crippen molar-refractivity contribution in [3.63, 3.8) is 0 Å². The highest BCUT2D eigenvalue weighted by molar-refractivity contribution is 7.99. The van der Waals surface area contributed by atoms with Crippen LogP contribution in [0, 0.1) is 0 Å². The zero-order valence-electron chi connectivity index (χ0n) is 18.6. The summed E-state index contributed by atoms with van der Waals surface area (Å²) in [7, 11) is 0. The predicted molar refractivity (Wildman–Crippen MR) is 136 cm³/mol. The van der Waals surface area contributed by atoms with Gasteiger partial charge >= 0.3 is 0 Å². The number of rotatable bonds is 9. The maximum atomic E-state index is 13.2. The number of nitrogens with one attached hydrogen (secondary N) is 1. The lowest BCUT2D eigenvalue weighted by atomic mass is 9.97. The molecular weight excluding hydrogens is 454 g/mol. The lowest BCUT2D eigenvalue weighted by molar-refractivity contribution is -0.118. The number of aromatic nitrogens is 2. The fourth-order valence-electron chi connectivity index (χ4n) is 4.02. The van der Waals surface area contributed by atoms with Crippen molar-refractivity contribution in [2.45, 2.75) is 50.2 Å². The molecule has 2 aromatic carbocycles. The Kier molecular flexibility index (Phi) is 8.24. The van der Waals surface area contributed by atoms with E-state index in [2.05, 4.69) is 11.4 Å². The third kappa shape index (κ3) is 6.49. The largest absolute Gasteiger partial charge is 0.355 e. The minimum absolute atomic E-state index is 0.0392. The monoisotopic (exact) mass is 481 g/mol. The second-order valence-electron chi connectivity index (χ2n) is 8.24. The van der Waals surface area contributed by atoms with Gasteiger partial charge in [0.2, 0.25) is 5.91 Å². The number of allylic oxidation sites excluding steroid dienone is 2. The first kappa shape index (κ1) is 23.6. The van der Waals surface area contributed by atoms with Crippen LogP contribution in [0.5, 0.6) is 0 Å². The van der Waals surface area contributed by atoms with Gasteiger partial charge in [0.1, 0.15) is 0 Å². The van der Waals surface area contributed by atoms with Crippen molar-refractivity contribution in [1.82, 2.24) is 14.9 Å². The molecule has 33 heavy (non-hydrogen) atoms. The number of fused-ring (bicyclic) bond motifs is 1. The van der Waals surface area contributed by atoms with Crippen LogP contribution >= 0.6 is 23.4 Å². The van der Waals surface area contributed by atoms with Crippen LogP contribution in [0.15, 0.2) is 70.1 Å². The maximum absolute atomic E-state index is 13.2. The van der Waals surface area contributed by atoms with Gasteiger partial charge < -0.3 is 5.32 Å². The average Bonchev–Trinajstić information content (AvgIpc) is 2.84. The molecule has 4 rings (SSSR count). The van der Waals surface area contributed by atoms with Crippen LogP contribution < -0.4 is 10.9 Å². The van der Waals surface area contributed by atoms with Crippen molar-refractivity contribution in [1.29, 1.82) is 0 Å². The number of hydrogen-bond donors (Lipinski definition) is 1. The van der Waals surface area contributed by atoms with E-state index in [0.717, 1.165) is 31.2 Å². The van der Waals surface area contributed by atoms with Crippen LogP contribution in [0.2, 0.25) is 5.02 Å². The lowest BCUT2D eigenvalue weighted by Gasteiger charge is -2.16. The summed E-state index contributed by atoms with van der Waals surface area (Å²) in [6.45, 7) is 1.14. The Hall–Kier alpha value is -2.57. The Morgan fingerprint density at radius 2 is 1.91 bits per heavy atom. The second-order valence-corrected chi connectivity index (χ2v) is 9.62. The Labute approximate surface area is 203 Å². The fourth-order valence-corrected chi connectivity index (χ4v) is 5.00. The summed E-state index contributed by atoms with van der Waals surface area (Å²) in [6, 6.07) is 15.0. The van der Waals surface area contributed by atoms with E-state index in [1.165, 1.54) is 30.2 Å². The number of hydrogen-bond acceptors (Lipinski definition) is 4. The zero-order valence-corrected chi connectivity index (χ0v) is 20.1. The minimum Gasteiger partial charge on any atom is -0.355 e. The fraction of sp³-hybridized carbons (Fsp3) is 0.346. The molecule has 0 bridgehead atoms. The van der Waals surface area contributed by atoms with Gasteiger partial charge in [-0.15, -0.1) is 0 Å². The van der Waals surface area contributed by atoms with Gasteiger partial charge in [0.15, 0.2) is 5.16 Å². The Morgan fingerprint density at radius 1 is 1.09 bits per heavy atom. The maximum Gasteiger partial charge on any atom is 0.262 e. The molecule has 0 saturated heterocycles. The lowest BCUT2D eigenvalue weighted by Crippen LogP contribution is -2.28. The number of benzene rings is 2. The topological polar surface area (TPSA) is 64.0 Å². The van der Waals surface area contributed by atoms with Gasteiger partial charge in [-0.2, -0.15) is 0 Å². The predicted octanol–water partition coefficient (Wildman–Crippen LogP) is 5.39. The molecular formula is C26H28ClN3O2S. The summed E-state index contributed by atoms with van der Waals surface area (Å²) in [5, 5.41) is 4.87. The number of para-hydroxylation sites is 1. The molecule has 3 aromatic rings. The third-order valence-corrected chi connectivity index (χ3v) is 7.08. The van der Waals surface area contributed by atoms with Crippen LogP contribution in [0.3, 0.4) is 0 Å². The van der Waals surface area contributed by atoms with E-state index in [9.17, 15) is 9.59 Å². The summed E-state index contributed by atoms with van der Waals surface area (Å²) in [5.41, 5.74) is 3.16. The molecule has 0 atom stereocenters. The minimum atomic E-state index is -0.0714. The van der Waals surface area contributed by atoms with Crippen LogP contribution in [0.4, 0.5) is 0 Å². The van der Waals surface area contributed by atoms with Gasteiger partial charge in [-0.1, -0.05) is 59.3 Å². The molecule has 0 fully saturated rings. The van der Waals surface area contributed by atoms with Crippen LogP contribution in [0.1, 0.15) is 37.7 Å². The molecule has 0 saturated carbocycles. The van der Waals surface area contributed by atoms with Gasteiger partial charge in [0.25, 0.3) is 5.56 Å². The number of carbonyl (C=O) groups excluding carboxylic acids is 1. The number of carbonyl (C=O) groups is 1. The smallest absolute Gasteiger partial charge is 0.262 e. The van der Waals surface area contributed by atoms with Gasteiger partial charge in [0.05, 0.1) is 16.7 Å². The molecule has 0 spiro atoms. The van der Waals surface area contributed by atoms with Gasteiger partial charge in [-0.25, -0.2) is 4.98 Å². The molecule has 5 nitrogen and oxygen atoms in total. The highest BCUT2D eigenvalue weighted by Gasteiger charge is 2.14. The quantitative estimate of drug-likeness (QED) is 0.253. The summed E-state index contributed by atoms with van der Waals surface area (Å²) in [4.78, 5) is 30.4. The molecule has 1 N–H and O–H groups in total. The van der Waals surface area contributed by atoms with Crippen molar-refractivity contribution in [2.75, 3.05) is 12.3 Å². The first-order valence-corrected chi connectivity index (χ1v) is 12.8. The molecule has 1 heterocycles. The number of thioether (sulfide) groups is 1. The van der Waals surface area contributed by atoms with E-state index in [4.69, 9.17) is 16.6 Å².